The van der Waals surface area contributed by atoms with Crippen LogP contribution < -0.4 is 16.4 Å². The Morgan fingerprint density at radius 3 is 2.43 bits per heavy atom. The minimum Gasteiger partial charge on any atom is -0.381 e. The molecule has 1 aliphatic heterocycles. The first-order valence-electron chi connectivity index (χ1n) is 11.7. The van der Waals surface area contributed by atoms with Gasteiger partial charge >= 0.3 is 0 Å². The molecule has 1 amide bonds. The molecule has 35 heavy (non-hydrogen) atoms. The van der Waals surface area contributed by atoms with Crippen LogP contribution in [-0.4, -0.2) is 44.7 Å². The lowest BCUT2D eigenvalue weighted by Crippen LogP contribution is -2.29. The van der Waals surface area contributed by atoms with Crippen LogP contribution in [0.15, 0.2) is 22.8 Å². The molecular formula is C23H26BrCl2N7O2. The van der Waals surface area contributed by atoms with Gasteiger partial charge in [0.05, 0.1) is 21.9 Å². The van der Waals surface area contributed by atoms with E-state index < -0.39 is 0 Å². The summed E-state index contributed by atoms with van der Waals surface area (Å²) in [6.07, 6.45) is 6.54. The molecule has 2 fully saturated rings. The van der Waals surface area contributed by atoms with Gasteiger partial charge in [-0.3, -0.25) is 9.36 Å². The number of anilines is 3. The summed E-state index contributed by atoms with van der Waals surface area (Å²) in [5, 5.41) is 7.70. The Morgan fingerprint density at radius 1 is 1.09 bits per heavy atom. The number of nitrogens with one attached hydrogen (secondary N) is 2. The predicted molar refractivity (Wildman–Crippen MR) is 140 cm³/mol. The van der Waals surface area contributed by atoms with E-state index in [4.69, 9.17) is 43.6 Å². The molecule has 186 valence electrons. The standard InChI is InChI=1S/C23H26BrCl2N7O2/c24-13-9-16(25)19(17(26)10-13)31-23-30-18-11-28-22(29-14-5-7-35-8-6-14)32-21(18)33(23)15-3-1-12(2-4-15)20(27)34/h9-12,14-15H,1-8H2,(H2,27,34)(H,30,31)(H,28,29,32)/t12-,15-. The van der Waals surface area contributed by atoms with Gasteiger partial charge in [-0.25, -0.2) is 9.97 Å². The summed E-state index contributed by atoms with van der Waals surface area (Å²) in [5.74, 6) is 0.790. The zero-order chi connectivity index (χ0) is 24.5. The molecule has 1 aromatic carbocycles. The molecule has 0 spiro atoms. The van der Waals surface area contributed by atoms with Gasteiger partial charge in [-0.05, 0) is 50.7 Å². The number of rotatable bonds is 6. The molecule has 2 aliphatic rings. The minimum atomic E-state index is -0.240. The lowest BCUT2D eigenvalue weighted by Gasteiger charge is -2.29. The highest BCUT2D eigenvalue weighted by Crippen LogP contribution is 2.40. The molecule has 9 nitrogen and oxygen atoms in total. The van der Waals surface area contributed by atoms with Crippen molar-refractivity contribution in [2.75, 3.05) is 23.8 Å². The summed E-state index contributed by atoms with van der Waals surface area (Å²) in [6.45, 7) is 1.45. The second-order valence-corrected chi connectivity index (χ2v) is 10.7. The van der Waals surface area contributed by atoms with E-state index in [0.29, 0.717) is 38.8 Å². The normalized spacial score (nSPS) is 21.2. The molecule has 12 heteroatoms. The first kappa shape index (κ1) is 24.5. The molecule has 3 heterocycles. The average molecular weight is 583 g/mol. The molecule has 4 N–H and O–H groups in total. The SMILES string of the molecule is NC(=O)[C@H]1CC[C@H](n2c(Nc3c(Cl)cc(Br)cc3Cl)nc3cnc(NC4CCOCC4)nc32)CC1. The van der Waals surface area contributed by atoms with E-state index in [0.717, 1.165) is 56.2 Å². The van der Waals surface area contributed by atoms with Crippen LogP contribution in [0.5, 0.6) is 0 Å². The third-order valence-corrected chi connectivity index (χ3v) is 7.75. The number of halogens is 3. The van der Waals surface area contributed by atoms with Gasteiger partial charge in [0.2, 0.25) is 17.8 Å². The van der Waals surface area contributed by atoms with Crippen molar-refractivity contribution in [1.82, 2.24) is 19.5 Å². The van der Waals surface area contributed by atoms with Crippen molar-refractivity contribution in [1.29, 1.82) is 0 Å². The lowest BCUT2D eigenvalue weighted by atomic mass is 9.85. The smallest absolute Gasteiger partial charge is 0.224 e. The van der Waals surface area contributed by atoms with Crippen LogP contribution in [-0.2, 0) is 9.53 Å². The third kappa shape index (κ3) is 5.35. The number of benzene rings is 1. The number of hydrogen-bond donors (Lipinski definition) is 3. The van der Waals surface area contributed by atoms with Gasteiger partial charge in [-0.15, -0.1) is 0 Å². The van der Waals surface area contributed by atoms with E-state index in [9.17, 15) is 4.79 Å². The van der Waals surface area contributed by atoms with Gasteiger partial charge in [0, 0.05) is 35.7 Å². The molecule has 1 saturated carbocycles. The summed E-state index contributed by atoms with van der Waals surface area (Å²) in [4.78, 5) is 25.9. The Kier molecular flexibility index (Phi) is 7.34. The van der Waals surface area contributed by atoms with Crippen LogP contribution in [0.2, 0.25) is 10.0 Å². The number of ether oxygens (including phenoxy) is 1. The van der Waals surface area contributed by atoms with Crippen LogP contribution in [0.1, 0.15) is 44.6 Å². The van der Waals surface area contributed by atoms with Crippen LogP contribution >= 0.6 is 39.1 Å². The van der Waals surface area contributed by atoms with Gasteiger partial charge in [0.15, 0.2) is 5.65 Å². The van der Waals surface area contributed by atoms with Gasteiger partial charge in [-0.1, -0.05) is 39.1 Å². The number of carbonyl (C=O) groups excluding carboxylic acids is 1. The first-order chi connectivity index (χ1) is 16.9. The summed E-state index contributed by atoms with van der Waals surface area (Å²) >= 11 is 16.4. The fourth-order valence-corrected chi connectivity index (χ4v) is 6.11. The predicted octanol–water partition coefficient (Wildman–Crippen LogP) is 5.45. The maximum atomic E-state index is 11.7. The average Bonchev–Trinajstić information content (AvgIpc) is 3.19. The Labute approximate surface area is 221 Å². The van der Waals surface area contributed by atoms with Gasteiger partial charge in [0.25, 0.3) is 0 Å². The van der Waals surface area contributed by atoms with Gasteiger partial charge in [-0.2, -0.15) is 4.98 Å². The minimum absolute atomic E-state index is 0.0805. The Bertz CT molecular complexity index is 1220. The number of amides is 1. The van der Waals surface area contributed by atoms with Crippen molar-refractivity contribution >= 4 is 73.8 Å². The summed E-state index contributed by atoms with van der Waals surface area (Å²) in [7, 11) is 0. The highest BCUT2D eigenvalue weighted by atomic mass is 79.9. The molecule has 0 unspecified atom stereocenters. The number of aromatic nitrogens is 4. The Balaban J connectivity index is 1.52. The van der Waals surface area contributed by atoms with Crippen LogP contribution in [0, 0.1) is 5.92 Å². The highest BCUT2D eigenvalue weighted by molar-refractivity contribution is 9.10. The molecule has 1 aliphatic carbocycles. The van der Waals surface area contributed by atoms with Crippen molar-refractivity contribution in [3.05, 3.63) is 32.8 Å². The number of carbonyl (C=O) groups is 1. The van der Waals surface area contributed by atoms with Gasteiger partial charge < -0.3 is 21.1 Å². The van der Waals surface area contributed by atoms with Crippen LogP contribution in [0.4, 0.5) is 17.6 Å². The van der Waals surface area contributed by atoms with E-state index in [-0.39, 0.29) is 23.9 Å². The fraction of sp³-hybridized carbons (Fsp3) is 0.478. The molecule has 5 rings (SSSR count). The van der Waals surface area contributed by atoms with Crippen molar-refractivity contribution in [3.63, 3.8) is 0 Å². The zero-order valence-electron chi connectivity index (χ0n) is 18.9. The third-order valence-electron chi connectivity index (χ3n) is 6.70. The molecule has 1 saturated heterocycles. The summed E-state index contributed by atoms with van der Waals surface area (Å²) in [5.41, 5.74) is 7.50. The molecule has 3 aromatic rings. The fourth-order valence-electron chi connectivity index (χ4n) is 4.81. The Morgan fingerprint density at radius 2 is 1.77 bits per heavy atom. The number of nitrogens with zero attached hydrogens (tertiary/aromatic N) is 4. The van der Waals surface area contributed by atoms with Crippen molar-refractivity contribution in [2.24, 2.45) is 11.7 Å². The van der Waals surface area contributed by atoms with Gasteiger partial charge in [0.1, 0.15) is 5.52 Å². The largest absolute Gasteiger partial charge is 0.381 e. The number of imidazole rings is 1. The quantitative estimate of drug-likeness (QED) is 0.353. The maximum absolute atomic E-state index is 11.7. The van der Waals surface area contributed by atoms with E-state index >= 15 is 0 Å². The molecule has 0 atom stereocenters. The van der Waals surface area contributed by atoms with E-state index in [1.165, 1.54) is 0 Å². The Hall–Kier alpha value is -2.14. The van der Waals surface area contributed by atoms with Crippen LogP contribution in [0.25, 0.3) is 11.2 Å². The maximum Gasteiger partial charge on any atom is 0.224 e. The molecular weight excluding hydrogens is 557 g/mol. The van der Waals surface area contributed by atoms with Crippen molar-refractivity contribution in [2.45, 2.75) is 50.6 Å². The lowest BCUT2D eigenvalue weighted by molar-refractivity contribution is -0.122. The number of primary amides is 1. The van der Waals surface area contributed by atoms with E-state index in [2.05, 4.69) is 36.1 Å². The number of hydrogen-bond acceptors (Lipinski definition) is 7. The molecule has 0 bridgehead atoms. The first-order valence-corrected chi connectivity index (χ1v) is 13.2. The summed E-state index contributed by atoms with van der Waals surface area (Å²) < 4.78 is 8.32. The van der Waals surface area contributed by atoms with E-state index in [1.54, 1.807) is 18.3 Å². The van der Waals surface area contributed by atoms with E-state index in [1.807, 2.05) is 0 Å². The molecule has 2 aromatic heterocycles. The monoisotopic (exact) mass is 581 g/mol. The zero-order valence-corrected chi connectivity index (χ0v) is 22.0. The second kappa shape index (κ2) is 10.5. The number of fused-ring (bicyclic) bond motifs is 1. The topological polar surface area (TPSA) is 120 Å². The van der Waals surface area contributed by atoms with Crippen molar-refractivity contribution in [3.8, 4) is 0 Å². The number of nitrogens with two attached hydrogens (primary N) is 1. The van der Waals surface area contributed by atoms with Crippen molar-refractivity contribution < 1.29 is 9.53 Å². The van der Waals surface area contributed by atoms with Crippen LogP contribution in [0.3, 0.4) is 0 Å². The highest BCUT2D eigenvalue weighted by Gasteiger charge is 2.29. The second-order valence-electron chi connectivity index (χ2n) is 9.02. The molecule has 0 radical (unpaired) electrons. The summed E-state index contributed by atoms with van der Waals surface area (Å²) in [6, 6.07) is 3.89.